The van der Waals surface area contributed by atoms with Gasteiger partial charge in [-0.05, 0) is 0 Å². The van der Waals surface area contributed by atoms with Gasteiger partial charge in [0, 0.05) is 0 Å². The molecule has 35 heavy (non-hydrogen) atoms. The molecule has 5 heteroatoms. The molecule has 2 aliphatic carbocycles. The molecule has 2 unspecified atom stereocenters. The average Bonchev–Trinajstić information content (AvgIpc) is 3.59. The quantitative estimate of drug-likeness (QED) is 0.350. The van der Waals surface area contributed by atoms with Gasteiger partial charge in [-0.2, -0.15) is 0 Å². The van der Waals surface area contributed by atoms with Crippen molar-refractivity contribution in [3.63, 3.8) is 0 Å². The van der Waals surface area contributed by atoms with Crippen molar-refractivity contribution in [3.05, 3.63) is 118 Å². The first kappa shape index (κ1) is 25.9. The van der Waals surface area contributed by atoms with Gasteiger partial charge < -0.3 is 24.8 Å². The van der Waals surface area contributed by atoms with Gasteiger partial charge in [0.05, 0.1) is 0 Å². The van der Waals surface area contributed by atoms with Crippen LogP contribution in [0.4, 0.5) is 0 Å². The van der Waals surface area contributed by atoms with Crippen molar-refractivity contribution in [1.29, 1.82) is 0 Å². The monoisotopic (exact) mass is 534 g/mol. The summed E-state index contributed by atoms with van der Waals surface area (Å²) in [7, 11) is 0. The smallest absolute Gasteiger partial charge is 1.00 e. The minimum absolute atomic E-state index is 0. The van der Waals surface area contributed by atoms with E-state index < -0.39 is 19.2 Å². The van der Waals surface area contributed by atoms with Crippen LogP contribution in [0.1, 0.15) is 53.0 Å². The van der Waals surface area contributed by atoms with E-state index in [1.165, 1.54) is 44.8 Å². The molecule has 2 nitrogen and oxygen atoms in total. The second-order valence-electron chi connectivity index (χ2n) is 9.41. The largest absolute Gasteiger partial charge is 1.00 e. The molecule has 4 aromatic rings. The molecule has 2 aromatic carbocycles. The Morgan fingerprint density at radius 3 is 1.26 bits per heavy atom. The number of hydrogen-bond acceptors (Lipinski definition) is 0. The van der Waals surface area contributed by atoms with Crippen LogP contribution in [-0.4, -0.2) is 9.13 Å². The predicted octanol–water partition coefficient (Wildman–Crippen LogP) is 1.42. The summed E-state index contributed by atoms with van der Waals surface area (Å²) in [5.74, 6) is 0. The maximum atomic E-state index is 2.46. The van der Waals surface area contributed by atoms with Crippen molar-refractivity contribution >= 4 is 23.5 Å². The molecule has 0 N–H and O–H groups in total. The van der Waals surface area contributed by atoms with E-state index in [4.69, 9.17) is 0 Å². The SMILES string of the molecule is Cc1ccc(C)c2c1C=C(n1cccc1)[CH]2[Ti+2][CH]1C(n2cccc2)=Cc2c(C)ccc(C)c21.[Cl-].[Cl-]. The van der Waals surface area contributed by atoms with Gasteiger partial charge in [-0.3, -0.25) is 0 Å². The van der Waals surface area contributed by atoms with Gasteiger partial charge in [0.1, 0.15) is 0 Å². The van der Waals surface area contributed by atoms with Crippen LogP contribution in [0.25, 0.3) is 23.5 Å². The van der Waals surface area contributed by atoms with Crippen molar-refractivity contribution < 1.29 is 44.0 Å². The fourth-order valence-corrected chi connectivity index (χ4v) is 9.08. The van der Waals surface area contributed by atoms with Crippen LogP contribution in [0, 0.1) is 27.7 Å². The number of rotatable bonds is 4. The van der Waals surface area contributed by atoms with Crippen molar-refractivity contribution in [1.82, 2.24) is 9.13 Å². The summed E-state index contributed by atoms with van der Waals surface area (Å²) in [6.45, 7) is 9.11. The zero-order chi connectivity index (χ0) is 22.7. The van der Waals surface area contributed by atoms with Gasteiger partial charge in [-0.1, -0.05) is 0 Å². The minimum Gasteiger partial charge on any atom is -1.00 e. The Morgan fingerprint density at radius 1 is 0.543 bits per heavy atom. The Hall–Kier alpha value is -2.23. The number of benzene rings is 2. The molecule has 2 heterocycles. The van der Waals surface area contributed by atoms with Crippen molar-refractivity contribution in [2.75, 3.05) is 0 Å². The van der Waals surface area contributed by atoms with Gasteiger partial charge >= 0.3 is 206 Å². The molecule has 0 spiro atoms. The molecule has 0 bridgehead atoms. The zero-order valence-corrected chi connectivity index (χ0v) is 23.5. The molecule has 2 aromatic heterocycles. The standard InChI is InChI=1S/2C15H14N.2ClH.Ti/c2*1-11-5-6-12(2)15-10-13(9-14(11)15)16-7-3-4-8-16;;;/h2*3-10H,1-2H3;2*1H;/q;;;;+2/p-2. The van der Waals surface area contributed by atoms with E-state index in [0.717, 1.165) is 0 Å². The summed E-state index contributed by atoms with van der Waals surface area (Å²) in [4.78, 5) is 0. The molecule has 0 aliphatic heterocycles. The second kappa shape index (κ2) is 10.0. The van der Waals surface area contributed by atoms with Crippen LogP contribution >= 0.6 is 0 Å². The third-order valence-corrected chi connectivity index (χ3v) is 10.2. The van der Waals surface area contributed by atoms with E-state index in [1.807, 2.05) is 0 Å². The van der Waals surface area contributed by atoms with Crippen LogP contribution in [0.2, 0.25) is 0 Å². The maximum absolute atomic E-state index is 2.46. The number of halogens is 2. The summed E-state index contributed by atoms with van der Waals surface area (Å²) in [6, 6.07) is 17.8. The van der Waals surface area contributed by atoms with Crippen molar-refractivity contribution in [2.45, 2.75) is 36.1 Å². The predicted molar refractivity (Wildman–Crippen MR) is 135 cm³/mol. The van der Waals surface area contributed by atoms with Crippen molar-refractivity contribution in [3.8, 4) is 0 Å². The molecule has 6 rings (SSSR count). The first-order valence-corrected chi connectivity index (χ1v) is 13.5. The molecule has 2 aliphatic rings. The Bertz CT molecular complexity index is 1320. The van der Waals surface area contributed by atoms with Gasteiger partial charge in [0.15, 0.2) is 0 Å². The average molecular weight is 535 g/mol. The molecule has 0 saturated heterocycles. The number of aryl methyl sites for hydroxylation is 4. The summed E-state index contributed by atoms with van der Waals surface area (Å²) in [5.41, 5.74) is 14.5. The maximum Gasteiger partial charge on any atom is -1.00 e. The molecule has 0 saturated carbocycles. The van der Waals surface area contributed by atoms with Gasteiger partial charge in [0.2, 0.25) is 0 Å². The molecule has 0 amide bonds. The summed E-state index contributed by atoms with van der Waals surface area (Å²) in [6.07, 6.45) is 13.8. The van der Waals surface area contributed by atoms with Crippen LogP contribution in [0.15, 0.2) is 73.3 Å². The molecular formula is C30H28Cl2N2Ti. The molecular weight excluding hydrogens is 507 g/mol. The van der Waals surface area contributed by atoms with Crippen LogP contribution < -0.4 is 24.8 Å². The van der Waals surface area contributed by atoms with Gasteiger partial charge in [-0.25, -0.2) is 0 Å². The normalized spacial score (nSPS) is 17.5. The fourth-order valence-electron chi connectivity index (χ4n) is 5.58. The zero-order valence-electron chi connectivity index (χ0n) is 20.4. The van der Waals surface area contributed by atoms with E-state index >= 15 is 0 Å². The number of nitrogens with zero attached hydrogens (tertiary/aromatic N) is 2. The van der Waals surface area contributed by atoms with E-state index in [-0.39, 0.29) is 24.8 Å². The number of hydrogen-bond donors (Lipinski definition) is 0. The summed E-state index contributed by atoms with van der Waals surface area (Å²) in [5, 5.41) is 0. The second-order valence-corrected chi connectivity index (χ2v) is 11.7. The minimum atomic E-state index is -0.475. The Balaban J connectivity index is 0.00000144. The van der Waals surface area contributed by atoms with Crippen LogP contribution in [0.5, 0.6) is 0 Å². The molecule has 2 atom stereocenters. The van der Waals surface area contributed by atoms with E-state index in [9.17, 15) is 0 Å². The number of fused-ring (bicyclic) bond motifs is 2. The molecule has 0 radical (unpaired) electrons. The Morgan fingerprint density at radius 2 is 0.886 bits per heavy atom. The van der Waals surface area contributed by atoms with E-state index in [1.54, 1.807) is 11.1 Å². The van der Waals surface area contributed by atoms with Crippen molar-refractivity contribution in [2.24, 2.45) is 0 Å². The van der Waals surface area contributed by atoms with E-state index in [0.29, 0.717) is 8.45 Å². The number of allylic oxidation sites excluding steroid dienone is 2. The first-order valence-electron chi connectivity index (χ1n) is 11.7. The molecule has 0 fully saturated rings. The number of aromatic nitrogens is 2. The topological polar surface area (TPSA) is 9.86 Å². The Kier molecular flexibility index (Phi) is 7.41. The third-order valence-electron chi connectivity index (χ3n) is 7.34. The van der Waals surface area contributed by atoms with Gasteiger partial charge in [0.25, 0.3) is 0 Å². The summed E-state index contributed by atoms with van der Waals surface area (Å²) >= 11 is -0.475. The Labute approximate surface area is 229 Å². The summed E-state index contributed by atoms with van der Waals surface area (Å²) < 4.78 is 5.65. The first-order chi connectivity index (χ1) is 16.0. The van der Waals surface area contributed by atoms with Gasteiger partial charge in [-0.15, -0.1) is 0 Å². The third kappa shape index (κ3) is 4.21. The fraction of sp³-hybridized carbons (Fsp3) is 0.200. The van der Waals surface area contributed by atoms with E-state index in [2.05, 4.69) is 122 Å². The molecule has 176 valence electrons. The van der Waals surface area contributed by atoms with Crippen LogP contribution in [0.3, 0.4) is 0 Å². The van der Waals surface area contributed by atoms with Crippen LogP contribution in [-0.2, 0) is 19.2 Å².